The molecule has 1 aromatic rings. The Morgan fingerprint density at radius 2 is 2.16 bits per heavy atom. The van der Waals surface area contributed by atoms with Gasteiger partial charge in [-0.3, -0.25) is 0 Å². The summed E-state index contributed by atoms with van der Waals surface area (Å²) in [7, 11) is 3.37. The van der Waals surface area contributed by atoms with Crippen LogP contribution in [0.25, 0.3) is 0 Å². The third-order valence-electron chi connectivity index (χ3n) is 6.12. The molecule has 0 aromatic carbocycles. The number of carbonyl (C=O) groups excluding carboxylic acids is 1. The lowest BCUT2D eigenvalue weighted by molar-refractivity contribution is -0.177. The van der Waals surface area contributed by atoms with Crippen molar-refractivity contribution in [2.45, 2.75) is 58.4 Å². The fourth-order valence-electron chi connectivity index (χ4n) is 3.69. The SMILES string of the molecule is COCc1ncc2c(n1)CCN(C(=O)NC1CC(C)(OC)C1(C)C)C2. The molecule has 1 N–H and O–H groups in total. The fourth-order valence-corrected chi connectivity index (χ4v) is 3.69. The number of rotatable bonds is 4. The first-order valence-corrected chi connectivity index (χ1v) is 8.74. The maximum atomic E-state index is 12.7. The highest BCUT2D eigenvalue weighted by atomic mass is 16.5. The first kappa shape index (κ1) is 18.1. The summed E-state index contributed by atoms with van der Waals surface area (Å²) >= 11 is 0. The van der Waals surface area contributed by atoms with Crippen molar-refractivity contribution in [1.82, 2.24) is 20.2 Å². The molecule has 7 heteroatoms. The van der Waals surface area contributed by atoms with Gasteiger partial charge in [0, 0.05) is 50.4 Å². The molecule has 138 valence electrons. The van der Waals surface area contributed by atoms with Gasteiger partial charge in [0.1, 0.15) is 6.61 Å². The smallest absolute Gasteiger partial charge is 0.317 e. The maximum absolute atomic E-state index is 12.7. The van der Waals surface area contributed by atoms with Crippen LogP contribution in [0.15, 0.2) is 6.20 Å². The monoisotopic (exact) mass is 348 g/mol. The molecular weight excluding hydrogens is 320 g/mol. The normalized spacial score (nSPS) is 27.4. The molecule has 0 radical (unpaired) electrons. The van der Waals surface area contributed by atoms with E-state index >= 15 is 0 Å². The molecule has 1 aliphatic carbocycles. The van der Waals surface area contributed by atoms with Gasteiger partial charge in [0.05, 0.1) is 17.8 Å². The van der Waals surface area contributed by atoms with Crippen LogP contribution in [-0.4, -0.2) is 53.3 Å². The van der Waals surface area contributed by atoms with Crippen molar-refractivity contribution in [1.29, 1.82) is 0 Å². The number of aromatic nitrogens is 2. The summed E-state index contributed by atoms with van der Waals surface area (Å²) in [4.78, 5) is 23.3. The Labute approximate surface area is 149 Å². The second-order valence-electron chi connectivity index (χ2n) is 7.73. The van der Waals surface area contributed by atoms with E-state index in [1.807, 2.05) is 11.1 Å². The van der Waals surface area contributed by atoms with Crippen LogP contribution in [0.4, 0.5) is 4.79 Å². The molecule has 2 aliphatic rings. The molecular formula is C18H28N4O3. The summed E-state index contributed by atoms with van der Waals surface area (Å²) in [6.07, 6.45) is 3.38. The lowest BCUT2D eigenvalue weighted by Crippen LogP contribution is -2.69. The number of nitrogens with one attached hydrogen (secondary N) is 1. The largest absolute Gasteiger partial charge is 0.378 e. The Bertz CT molecular complexity index is 664. The Kier molecular flexibility index (Phi) is 4.72. The van der Waals surface area contributed by atoms with E-state index in [-0.39, 0.29) is 23.1 Å². The van der Waals surface area contributed by atoms with Gasteiger partial charge in [-0.15, -0.1) is 0 Å². The number of amides is 2. The van der Waals surface area contributed by atoms with Crippen LogP contribution in [0.1, 0.15) is 44.3 Å². The quantitative estimate of drug-likeness (QED) is 0.899. The van der Waals surface area contributed by atoms with Crippen molar-refractivity contribution >= 4 is 6.03 Å². The lowest BCUT2D eigenvalue weighted by Gasteiger charge is -2.59. The minimum atomic E-state index is -0.189. The van der Waals surface area contributed by atoms with Crippen LogP contribution in [0.2, 0.25) is 0 Å². The van der Waals surface area contributed by atoms with E-state index in [0.717, 1.165) is 24.1 Å². The van der Waals surface area contributed by atoms with Crippen LogP contribution >= 0.6 is 0 Å². The second-order valence-corrected chi connectivity index (χ2v) is 7.73. The number of ether oxygens (including phenoxy) is 2. The molecule has 0 spiro atoms. The number of fused-ring (bicyclic) bond motifs is 1. The summed E-state index contributed by atoms with van der Waals surface area (Å²) in [6, 6.07) is 0.0922. The molecule has 0 saturated heterocycles. The van der Waals surface area contributed by atoms with Crippen molar-refractivity contribution in [2.75, 3.05) is 20.8 Å². The van der Waals surface area contributed by atoms with E-state index < -0.39 is 0 Å². The van der Waals surface area contributed by atoms with Crippen molar-refractivity contribution < 1.29 is 14.3 Å². The van der Waals surface area contributed by atoms with Gasteiger partial charge in [-0.2, -0.15) is 0 Å². The van der Waals surface area contributed by atoms with Gasteiger partial charge in [0.2, 0.25) is 0 Å². The summed E-state index contributed by atoms with van der Waals surface area (Å²) in [6.45, 7) is 8.00. The zero-order valence-electron chi connectivity index (χ0n) is 15.8. The summed E-state index contributed by atoms with van der Waals surface area (Å²) < 4.78 is 10.7. The molecule has 2 atom stereocenters. The molecule has 2 heterocycles. The number of carbonyl (C=O) groups is 1. The zero-order valence-corrected chi connectivity index (χ0v) is 15.8. The van der Waals surface area contributed by atoms with Crippen LogP contribution in [0.5, 0.6) is 0 Å². The number of hydrogen-bond donors (Lipinski definition) is 1. The third kappa shape index (κ3) is 3.11. The Balaban J connectivity index is 1.62. The standard InChI is InChI=1S/C18H28N4O3/c1-17(2)14(8-18(17,3)25-5)21-16(23)22-7-6-13-12(10-22)9-19-15(20-13)11-24-4/h9,14H,6-8,10-11H2,1-5H3,(H,21,23). The molecule has 7 nitrogen and oxygen atoms in total. The van der Waals surface area contributed by atoms with Crippen LogP contribution in [0, 0.1) is 5.41 Å². The highest BCUT2D eigenvalue weighted by Gasteiger charge is 2.58. The van der Waals surface area contributed by atoms with Crippen molar-refractivity contribution in [2.24, 2.45) is 5.41 Å². The first-order valence-electron chi connectivity index (χ1n) is 8.74. The topological polar surface area (TPSA) is 76.6 Å². The van der Waals surface area contributed by atoms with E-state index in [9.17, 15) is 4.79 Å². The average molecular weight is 348 g/mol. The number of methoxy groups -OCH3 is 2. The molecule has 3 rings (SSSR count). The minimum absolute atomic E-state index is 0.0251. The molecule has 25 heavy (non-hydrogen) atoms. The Hall–Kier alpha value is -1.73. The lowest BCUT2D eigenvalue weighted by atomic mass is 9.56. The number of hydrogen-bond acceptors (Lipinski definition) is 5. The predicted molar refractivity (Wildman–Crippen MR) is 93.0 cm³/mol. The Morgan fingerprint density at radius 3 is 2.80 bits per heavy atom. The number of urea groups is 1. The maximum Gasteiger partial charge on any atom is 0.317 e. The van der Waals surface area contributed by atoms with Crippen molar-refractivity contribution in [3.63, 3.8) is 0 Å². The van der Waals surface area contributed by atoms with E-state index in [4.69, 9.17) is 9.47 Å². The minimum Gasteiger partial charge on any atom is -0.378 e. The molecule has 1 aliphatic heterocycles. The number of nitrogens with zero attached hydrogens (tertiary/aromatic N) is 3. The molecule has 1 fully saturated rings. The predicted octanol–water partition coefficient (Wildman–Crippen LogP) is 1.89. The Morgan fingerprint density at radius 1 is 1.40 bits per heavy atom. The first-order chi connectivity index (χ1) is 11.8. The third-order valence-corrected chi connectivity index (χ3v) is 6.12. The highest BCUT2D eigenvalue weighted by Crippen LogP contribution is 2.51. The van der Waals surface area contributed by atoms with Crippen LogP contribution < -0.4 is 5.32 Å². The molecule has 2 unspecified atom stereocenters. The van der Waals surface area contributed by atoms with E-state index in [2.05, 4.69) is 36.1 Å². The summed E-state index contributed by atoms with van der Waals surface area (Å²) in [5.41, 5.74) is 1.74. The molecule has 0 bridgehead atoms. The van der Waals surface area contributed by atoms with Gasteiger partial charge in [0.15, 0.2) is 5.82 Å². The van der Waals surface area contributed by atoms with Crippen molar-refractivity contribution in [3.05, 3.63) is 23.3 Å². The van der Waals surface area contributed by atoms with E-state index in [1.165, 1.54) is 0 Å². The van der Waals surface area contributed by atoms with Crippen LogP contribution in [0.3, 0.4) is 0 Å². The molecule has 1 aromatic heterocycles. The fraction of sp³-hybridized carbons (Fsp3) is 0.722. The van der Waals surface area contributed by atoms with Gasteiger partial charge < -0.3 is 19.7 Å². The van der Waals surface area contributed by atoms with Gasteiger partial charge in [-0.25, -0.2) is 14.8 Å². The molecule has 2 amide bonds. The van der Waals surface area contributed by atoms with Crippen LogP contribution in [-0.2, 0) is 29.0 Å². The van der Waals surface area contributed by atoms with Gasteiger partial charge in [-0.1, -0.05) is 13.8 Å². The summed E-state index contributed by atoms with van der Waals surface area (Å²) in [5.74, 6) is 0.689. The average Bonchev–Trinajstić information content (AvgIpc) is 2.60. The van der Waals surface area contributed by atoms with E-state index in [0.29, 0.717) is 25.5 Å². The zero-order chi connectivity index (χ0) is 18.2. The van der Waals surface area contributed by atoms with Crippen molar-refractivity contribution in [3.8, 4) is 0 Å². The van der Waals surface area contributed by atoms with Gasteiger partial charge in [-0.05, 0) is 13.3 Å². The van der Waals surface area contributed by atoms with E-state index in [1.54, 1.807) is 14.2 Å². The molecule has 1 saturated carbocycles. The van der Waals surface area contributed by atoms with Gasteiger partial charge in [0.25, 0.3) is 0 Å². The second kappa shape index (κ2) is 6.53. The van der Waals surface area contributed by atoms with Gasteiger partial charge >= 0.3 is 6.03 Å². The highest BCUT2D eigenvalue weighted by molar-refractivity contribution is 5.75. The summed E-state index contributed by atoms with van der Waals surface area (Å²) in [5, 5.41) is 3.17.